The molecule has 0 N–H and O–H groups in total. The summed E-state index contributed by atoms with van der Waals surface area (Å²) in [5.74, 6) is 0. The van der Waals surface area contributed by atoms with E-state index in [4.69, 9.17) is 0 Å². The van der Waals surface area contributed by atoms with Gasteiger partial charge in [-0.2, -0.15) is 0 Å². The minimum Gasteiger partial charge on any atom is -0.234 e. The van der Waals surface area contributed by atoms with Gasteiger partial charge in [-0.25, -0.2) is 9.13 Å². The van der Waals surface area contributed by atoms with Crippen molar-refractivity contribution in [3.63, 3.8) is 0 Å². The molecule has 0 aliphatic heterocycles. The highest BCUT2D eigenvalue weighted by atomic mass is 15.1. The Morgan fingerprint density at radius 1 is 1.73 bits per heavy atom. The van der Waals surface area contributed by atoms with Crippen molar-refractivity contribution in [2.45, 2.75) is 26.3 Å². The first kappa shape index (κ1) is 8.05. The van der Waals surface area contributed by atoms with Crippen molar-refractivity contribution in [2.75, 3.05) is 0 Å². The first-order chi connectivity index (χ1) is 5.27. The third kappa shape index (κ3) is 1.70. The van der Waals surface area contributed by atoms with Gasteiger partial charge in [-0.3, -0.25) is 0 Å². The number of hydrogen-bond donors (Lipinski definition) is 0. The molecule has 0 aliphatic carbocycles. The molecule has 0 spiro atoms. The van der Waals surface area contributed by atoms with E-state index in [2.05, 4.69) is 31.2 Å². The lowest BCUT2D eigenvalue weighted by Gasteiger charge is -2.01. The molecule has 0 amide bonds. The van der Waals surface area contributed by atoms with E-state index in [1.807, 2.05) is 17.1 Å². The second kappa shape index (κ2) is 3.37. The van der Waals surface area contributed by atoms with E-state index >= 15 is 0 Å². The van der Waals surface area contributed by atoms with E-state index in [0.29, 0.717) is 6.04 Å². The Hall–Kier alpha value is -1.05. The first-order valence-electron chi connectivity index (χ1n) is 3.98. The number of nitrogens with zero attached hydrogens (tertiary/aromatic N) is 2. The standard InChI is InChI=1S/C9H15N2/c1-4-9(3)11-7-6-10(5-2)8-11/h5-9H,2,4H2,1,3H3/q+1. The van der Waals surface area contributed by atoms with Crippen molar-refractivity contribution in [3.05, 3.63) is 25.3 Å². The molecule has 1 aromatic heterocycles. The van der Waals surface area contributed by atoms with Crippen LogP contribution in [0.3, 0.4) is 0 Å². The smallest absolute Gasteiger partial charge is 0.234 e. The fourth-order valence-electron chi connectivity index (χ4n) is 0.964. The molecule has 0 aliphatic rings. The van der Waals surface area contributed by atoms with Crippen LogP contribution in [-0.2, 0) is 0 Å². The Morgan fingerprint density at radius 2 is 2.45 bits per heavy atom. The van der Waals surface area contributed by atoms with Crippen molar-refractivity contribution >= 4 is 6.20 Å². The molecule has 1 unspecified atom stereocenters. The number of aromatic nitrogens is 2. The monoisotopic (exact) mass is 151 g/mol. The third-order valence-corrected chi connectivity index (χ3v) is 1.99. The van der Waals surface area contributed by atoms with Gasteiger partial charge in [-0.05, 0) is 13.3 Å². The Bertz CT molecular complexity index is 237. The van der Waals surface area contributed by atoms with Crippen molar-refractivity contribution in [1.82, 2.24) is 4.57 Å². The average Bonchev–Trinajstić information content (AvgIpc) is 2.50. The lowest BCUT2D eigenvalue weighted by atomic mass is 10.3. The predicted octanol–water partition coefficient (Wildman–Crippen LogP) is 1.85. The first-order valence-corrected chi connectivity index (χ1v) is 3.98. The topological polar surface area (TPSA) is 8.81 Å². The Morgan fingerprint density at radius 3 is 2.91 bits per heavy atom. The largest absolute Gasteiger partial charge is 0.248 e. The van der Waals surface area contributed by atoms with Crippen LogP contribution in [-0.4, -0.2) is 4.57 Å². The van der Waals surface area contributed by atoms with Gasteiger partial charge in [0.2, 0.25) is 6.33 Å². The second-order valence-corrected chi connectivity index (χ2v) is 2.75. The quantitative estimate of drug-likeness (QED) is 0.583. The summed E-state index contributed by atoms with van der Waals surface area (Å²) >= 11 is 0. The van der Waals surface area contributed by atoms with E-state index < -0.39 is 0 Å². The minimum absolute atomic E-state index is 0.580. The Kier molecular flexibility index (Phi) is 2.47. The summed E-state index contributed by atoms with van der Waals surface area (Å²) in [5.41, 5.74) is 0. The molecule has 2 nitrogen and oxygen atoms in total. The van der Waals surface area contributed by atoms with Gasteiger partial charge < -0.3 is 0 Å². The number of hydrogen-bond acceptors (Lipinski definition) is 0. The zero-order valence-corrected chi connectivity index (χ0v) is 7.20. The van der Waals surface area contributed by atoms with Gasteiger partial charge in [0, 0.05) is 0 Å². The lowest BCUT2D eigenvalue weighted by Crippen LogP contribution is -2.34. The van der Waals surface area contributed by atoms with Gasteiger partial charge in [-0.1, -0.05) is 13.5 Å². The van der Waals surface area contributed by atoms with E-state index in [9.17, 15) is 0 Å². The fraction of sp³-hybridized carbons (Fsp3) is 0.444. The molecule has 1 rings (SSSR count). The molecular weight excluding hydrogens is 136 g/mol. The molecule has 2 heteroatoms. The van der Waals surface area contributed by atoms with E-state index in [1.54, 1.807) is 6.20 Å². The third-order valence-electron chi connectivity index (χ3n) is 1.99. The van der Waals surface area contributed by atoms with Crippen LogP contribution in [0.5, 0.6) is 0 Å². The van der Waals surface area contributed by atoms with Crippen LogP contribution < -0.4 is 4.57 Å². The van der Waals surface area contributed by atoms with Gasteiger partial charge in [0.05, 0.1) is 12.2 Å². The molecule has 0 fully saturated rings. The van der Waals surface area contributed by atoms with Crippen molar-refractivity contribution < 1.29 is 4.57 Å². The molecule has 1 heterocycles. The highest BCUT2D eigenvalue weighted by molar-refractivity contribution is 5.13. The molecule has 0 saturated heterocycles. The van der Waals surface area contributed by atoms with Crippen LogP contribution >= 0.6 is 0 Å². The van der Waals surface area contributed by atoms with Gasteiger partial charge in [0.25, 0.3) is 0 Å². The van der Waals surface area contributed by atoms with Gasteiger partial charge >= 0.3 is 0 Å². The van der Waals surface area contributed by atoms with Crippen molar-refractivity contribution in [3.8, 4) is 0 Å². The van der Waals surface area contributed by atoms with E-state index in [0.717, 1.165) is 6.42 Å². The summed E-state index contributed by atoms with van der Waals surface area (Å²) in [6, 6.07) is 0.580. The van der Waals surface area contributed by atoms with Crippen LogP contribution in [0.25, 0.3) is 6.20 Å². The van der Waals surface area contributed by atoms with Crippen LogP contribution in [0, 0.1) is 0 Å². The van der Waals surface area contributed by atoms with Crippen LogP contribution in [0.2, 0.25) is 0 Å². The molecule has 0 saturated carbocycles. The number of imidazole rings is 1. The molecule has 1 aromatic rings. The lowest BCUT2D eigenvalue weighted by molar-refractivity contribution is -0.719. The van der Waals surface area contributed by atoms with Crippen molar-refractivity contribution in [2.24, 2.45) is 0 Å². The normalized spacial score (nSPS) is 12.9. The molecule has 0 bridgehead atoms. The number of rotatable bonds is 3. The van der Waals surface area contributed by atoms with Gasteiger partial charge in [-0.15, -0.1) is 0 Å². The van der Waals surface area contributed by atoms with Crippen LogP contribution in [0.1, 0.15) is 26.3 Å². The molecule has 0 aromatic carbocycles. The molecule has 60 valence electrons. The molecular formula is C9H15N2+. The van der Waals surface area contributed by atoms with E-state index in [-0.39, 0.29) is 0 Å². The zero-order valence-electron chi connectivity index (χ0n) is 7.20. The summed E-state index contributed by atoms with van der Waals surface area (Å²) in [6.07, 6.45) is 9.06. The van der Waals surface area contributed by atoms with E-state index in [1.165, 1.54) is 0 Å². The average molecular weight is 151 g/mol. The summed E-state index contributed by atoms with van der Waals surface area (Å²) in [4.78, 5) is 0. The summed E-state index contributed by atoms with van der Waals surface area (Å²) in [6.45, 7) is 8.06. The summed E-state index contributed by atoms with van der Waals surface area (Å²) in [5, 5.41) is 0. The molecule has 1 atom stereocenters. The molecule has 11 heavy (non-hydrogen) atoms. The van der Waals surface area contributed by atoms with Gasteiger partial charge in [0.1, 0.15) is 12.4 Å². The fourth-order valence-corrected chi connectivity index (χ4v) is 0.964. The summed E-state index contributed by atoms with van der Waals surface area (Å²) in [7, 11) is 0. The predicted molar refractivity (Wildman–Crippen MR) is 46.0 cm³/mol. The van der Waals surface area contributed by atoms with Crippen LogP contribution in [0.15, 0.2) is 25.3 Å². The highest BCUT2D eigenvalue weighted by Crippen LogP contribution is 1.98. The SMILES string of the molecule is C=Cn1cc[n+](C(C)CC)c1. The summed E-state index contributed by atoms with van der Waals surface area (Å²) < 4.78 is 4.13. The van der Waals surface area contributed by atoms with Crippen molar-refractivity contribution in [1.29, 1.82) is 0 Å². The minimum atomic E-state index is 0.580. The Labute approximate surface area is 67.8 Å². The zero-order chi connectivity index (χ0) is 8.27. The van der Waals surface area contributed by atoms with Crippen LogP contribution in [0.4, 0.5) is 0 Å². The molecule has 0 radical (unpaired) electrons. The second-order valence-electron chi connectivity index (χ2n) is 2.75. The highest BCUT2D eigenvalue weighted by Gasteiger charge is 2.06. The maximum atomic E-state index is 3.68. The van der Waals surface area contributed by atoms with Gasteiger partial charge in [0.15, 0.2) is 0 Å². The Balaban J connectivity index is 2.79. The maximum Gasteiger partial charge on any atom is 0.248 e. The maximum absolute atomic E-state index is 3.68.